The van der Waals surface area contributed by atoms with E-state index >= 15 is 0 Å². The van der Waals surface area contributed by atoms with Crippen molar-refractivity contribution in [1.29, 1.82) is 0 Å². The van der Waals surface area contributed by atoms with Crippen LogP contribution in [-0.2, 0) is 38.8 Å². The molecule has 37 heavy (non-hydrogen) atoms. The molecule has 0 spiro atoms. The van der Waals surface area contributed by atoms with Gasteiger partial charge in [0.1, 0.15) is 6.04 Å². The van der Waals surface area contributed by atoms with Crippen molar-refractivity contribution in [3.8, 4) is 0 Å². The van der Waals surface area contributed by atoms with Crippen molar-refractivity contribution in [1.82, 2.24) is 9.21 Å². The number of fused-ring (bicyclic) bond motifs is 1. The molecule has 1 saturated heterocycles. The predicted molar refractivity (Wildman–Crippen MR) is 127 cm³/mol. The first-order valence-corrected chi connectivity index (χ1v) is 13.3. The fraction of sp³-hybridized carbons (Fsp3) is 0.440. The highest BCUT2D eigenvalue weighted by Gasteiger charge is 2.45. The zero-order chi connectivity index (χ0) is 27.1. The fourth-order valence-electron chi connectivity index (χ4n) is 5.23. The second-order valence-corrected chi connectivity index (χ2v) is 11.3. The number of carbonyl (C=O) groups is 2. The summed E-state index contributed by atoms with van der Waals surface area (Å²) in [5.74, 6) is -1.53. The molecule has 0 saturated carbocycles. The van der Waals surface area contributed by atoms with Crippen LogP contribution in [0.1, 0.15) is 53.1 Å². The summed E-state index contributed by atoms with van der Waals surface area (Å²) in [5, 5.41) is 9.46. The van der Waals surface area contributed by atoms with Gasteiger partial charge in [0.15, 0.2) is 0 Å². The lowest BCUT2D eigenvalue weighted by molar-refractivity contribution is -0.144. The number of rotatable bonds is 6. The van der Waals surface area contributed by atoms with E-state index in [1.165, 1.54) is 11.8 Å². The minimum absolute atomic E-state index is 0.00280. The van der Waals surface area contributed by atoms with Crippen molar-refractivity contribution in [3.63, 3.8) is 0 Å². The Morgan fingerprint density at radius 3 is 2.54 bits per heavy atom. The number of sulfonamides is 1. The van der Waals surface area contributed by atoms with Gasteiger partial charge in [-0.05, 0) is 60.6 Å². The van der Waals surface area contributed by atoms with Crippen LogP contribution in [0.2, 0.25) is 0 Å². The number of primary amides is 1. The van der Waals surface area contributed by atoms with Gasteiger partial charge in [0.2, 0.25) is 21.8 Å². The molecular weight excluding hydrogens is 511 g/mol. The molecule has 1 aliphatic heterocycles. The molecule has 1 unspecified atom stereocenters. The van der Waals surface area contributed by atoms with Crippen LogP contribution in [0.15, 0.2) is 41.3 Å². The number of aliphatic hydroxyl groups is 1. The van der Waals surface area contributed by atoms with Gasteiger partial charge in [-0.1, -0.05) is 24.3 Å². The number of nitrogens with two attached hydrogens (primary N) is 1. The third kappa shape index (κ3) is 5.23. The number of piperazine rings is 1. The average molecular weight is 540 g/mol. The molecule has 2 aromatic rings. The largest absolute Gasteiger partial charge is 0.416 e. The monoisotopic (exact) mass is 539 g/mol. The molecule has 3 N–H and O–H groups in total. The Balaban J connectivity index is 1.69. The van der Waals surface area contributed by atoms with Crippen molar-refractivity contribution in [2.75, 3.05) is 13.1 Å². The summed E-state index contributed by atoms with van der Waals surface area (Å²) in [4.78, 5) is 26.4. The van der Waals surface area contributed by atoms with E-state index < -0.39 is 50.9 Å². The standard InChI is InChI=1S/C25H28F3N3O5S/c1-15-5-7-18(12-20(15)25(26,27)28)37(35,36)31-10-9-30(24(34)22(31)13-23(29)33)21-4-2-3-17-11-16(14-32)6-8-19(17)21/h5-8,11-12,21-22,32H,2-4,9-10,13-14H2,1H3,(H2,29,33)/t21-,22?/m1/s1. The Hall–Kier alpha value is -2.96. The number of alkyl halides is 3. The lowest BCUT2D eigenvalue weighted by atomic mass is 9.85. The minimum atomic E-state index is -4.76. The van der Waals surface area contributed by atoms with Gasteiger partial charge in [-0.3, -0.25) is 9.59 Å². The zero-order valence-corrected chi connectivity index (χ0v) is 21.0. The maximum Gasteiger partial charge on any atom is 0.416 e. The topological polar surface area (TPSA) is 121 Å². The van der Waals surface area contributed by atoms with Crippen LogP contribution in [0.25, 0.3) is 0 Å². The van der Waals surface area contributed by atoms with Crippen LogP contribution in [0.3, 0.4) is 0 Å². The van der Waals surface area contributed by atoms with Crippen LogP contribution in [0.4, 0.5) is 13.2 Å². The summed E-state index contributed by atoms with van der Waals surface area (Å²) >= 11 is 0. The van der Waals surface area contributed by atoms with Crippen molar-refractivity contribution in [2.24, 2.45) is 5.73 Å². The molecule has 2 atom stereocenters. The first-order chi connectivity index (χ1) is 17.3. The quantitative estimate of drug-likeness (QED) is 0.585. The molecule has 2 amide bonds. The molecule has 8 nitrogen and oxygen atoms in total. The minimum Gasteiger partial charge on any atom is -0.392 e. The normalized spacial score (nSPS) is 21.1. The average Bonchev–Trinajstić information content (AvgIpc) is 2.83. The van der Waals surface area contributed by atoms with E-state index in [1.54, 1.807) is 6.07 Å². The number of hydrogen-bond donors (Lipinski definition) is 2. The van der Waals surface area contributed by atoms with Crippen LogP contribution >= 0.6 is 0 Å². The van der Waals surface area contributed by atoms with E-state index in [0.29, 0.717) is 12.5 Å². The number of aryl methyl sites for hydroxylation is 2. The van der Waals surface area contributed by atoms with Gasteiger partial charge >= 0.3 is 6.18 Å². The van der Waals surface area contributed by atoms with E-state index in [1.807, 2.05) is 12.1 Å². The third-order valence-electron chi connectivity index (χ3n) is 7.04. The third-order valence-corrected chi connectivity index (χ3v) is 8.95. The molecule has 1 aliphatic carbocycles. The molecule has 0 aromatic heterocycles. The number of carbonyl (C=O) groups excluding carboxylic acids is 2. The van der Waals surface area contributed by atoms with E-state index in [-0.39, 0.29) is 31.3 Å². The molecule has 1 fully saturated rings. The van der Waals surface area contributed by atoms with E-state index in [0.717, 1.165) is 46.0 Å². The second-order valence-electron chi connectivity index (χ2n) is 9.41. The lowest BCUT2D eigenvalue weighted by Crippen LogP contribution is -2.60. The number of hydrogen-bond acceptors (Lipinski definition) is 5. The maximum absolute atomic E-state index is 13.7. The summed E-state index contributed by atoms with van der Waals surface area (Å²) in [6, 6.07) is 6.33. The van der Waals surface area contributed by atoms with E-state index in [9.17, 15) is 36.3 Å². The summed E-state index contributed by atoms with van der Waals surface area (Å²) in [5.41, 5.74) is 6.74. The Kier molecular flexibility index (Phi) is 7.37. The molecule has 0 bridgehead atoms. The molecule has 200 valence electrons. The van der Waals surface area contributed by atoms with Gasteiger partial charge in [-0.25, -0.2) is 8.42 Å². The molecule has 1 heterocycles. The highest BCUT2D eigenvalue weighted by atomic mass is 32.2. The summed E-state index contributed by atoms with van der Waals surface area (Å²) in [6.45, 7) is 0.894. The Labute approximate surface area is 212 Å². The summed E-state index contributed by atoms with van der Waals surface area (Å²) in [7, 11) is -4.56. The molecule has 12 heteroatoms. The van der Waals surface area contributed by atoms with Gasteiger partial charge in [0, 0.05) is 13.1 Å². The molecule has 4 rings (SSSR count). The number of halogens is 3. The number of aliphatic hydroxyl groups excluding tert-OH is 1. The lowest BCUT2D eigenvalue weighted by Gasteiger charge is -2.44. The molecule has 2 aliphatic rings. The zero-order valence-electron chi connectivity index (χ0n) is 20.2. The van der Waals surface area contributed by atoms with E-state index in [4.69, 9.17) is 5.73 Å². The highest BCUT2D eigenvalue weighted by Crippen LogP contribution is 2.38. The first kappa shape index (κ1) is 27.1. The van der Waals surface area contributed by atoms with Gasteiger partial charge in [0.05, 0.1) is 29.5 Å². The van der Waals surface area contributed by atoms with Crippen LogP contribution < -0.4 is 5.73 Å². The Bertz CT molecular complexity index is 1330. The molecular formula is C25H28F3N3O5S. The number of amides is 2. The second kappa shape index (κ2) is 10.1. The summed E-state index contributed by atoms with van der Waals surface area (Å²) < 4.78 is 68.1. The molecule has 0 radical (unpaired) electrons. The van der Waals surface area contributed by atoms with E-state index in [2.05, 4.69) is 0 Å². The Morgan fingerprint density at radius 1 is 1.16 bits per heavy atom. The van der Waals surface area contributed by atoms with Crippen molar-refractivity contribution in [2.45, 2.75) is 62.4 Å². The SMILES string of the molecule is Cc1ccc(S(=O)(=O)N2CCN([C@@H]3CCCc4cc(CO)ccc43)C(=O)C2CC(N)=O)cc1C(F)(F)F. The smallest absolute Gasteiger partial charge is 0.392 e. The fourth-order valence-corrected chi connectivity index (χ4v) is 6.83. The number of benzene rings is 2. The van der Waals surface area contributed by atoms with Gasteiger partial charge in [0.25, 0.3) is 0 Å². The van der Waals surface area contributed by atoms with Gasteiger partial charge < -0.3 is 15.7 Å². The first-order valence-electron chi connectivity index (χ1n) is 11.9. The van der Waals surface area contributed by atoms with Crippen LogP contribution in [0, 0.1) is 6.92 Å². The van der Waals surface area contributed by atoms with Crippen LogP contribution in [-0.4, -0.2) is 53.7 Å². The van der Waals surface area contributed by atoms with Crippen molar-refractivity contribution in [3.05, 3.63) is 64.2 Å². The Morgan fingerprint density at radius 2 is 1.89 bits per heavy atom. The summed E-state index contributed by atoms with van der Waals surface area (Å²) in [6.07, 6.45) is -3.21. The van der Waals surface area contributed by atoms with Crippen molar-refractivity contribution >= 4 is 21.8 Å². The maximum atomic E-state index is 13.7. The highest BCUT2D eigenvalue weighted by molar-refractivity contribution is 7.89. The molecule has 2 aromatic carbocycles. The van der Waals surface area contributed by atoms with Crippen LogP contribution in [0.5, 0.6) is 0 Å². The number of nitrogens with zero attached hydrogens (tertiary/aromatic N) is 2. The van der Waals surface area contributed by atoms with Gasteiger partial charge in [-0.15, -0.1) is 0 Å². The predicted octanol–water partition coefficient (Wildman–Crippen LogP) is 2.66. The van der Waals surface area contributed by atoms with Crippen molar-refractivity contribution < 1.29 is 36.3 Å². The van der Waals surface area contributed by atoms with Gasteiger partial charge in [-0.2, -0.15) is 17.5 Å².